The average Bonchev–Trinajstić information content (AvgIpc) is 2.60. The summed E-state index contributed by atoms with van der Waals surface area (Å²) in [6.07, 6.45) is 1.71. The zero-order valence-electron chi connectivity index (χ0n) is 13.9. The van der Waals surface area contributed by atoms with Crippen molar-refractivity contribution in [2.24, 2.45) is 0 Å². The first-order valence-electron chi connectivity index (χ1n) is 7.80. The number of hydrogen-bond acceptors (Lipinski definition) is 3. The number of benzene rings is 2. The molecule has 0 unspecified atom stereocenters. The van der Waals surface area contributed by atoms with Gasteiger partial charge < -0.3 is 5.32 Å². The van der Waals surface area contributed by atoms with Crippen LogP contribution < -0.4 is 10.0 Å². The average molecular weight is 346 g/mol. The van der Waals surface area contributed by atoms with E-state index in [2.05, 4.69) is 34.3 Å². The van der Waals surface area contributed by atoms with Gasteiger partial charge in [-0.15, -0.1) is 0 Å². The second-order valence-electron chi connectivity index (χ2n) is 5.58. The summed E-state index contributed by atoms with van der Waals surface area (Å²) in [5, 5.41) is 2.82. The van der Waals surface area contributed by atoms with Gasteiger partial charge in [0.05, 0.1) is 4.90 Å². The Balaban J connectivity index is 1.89. The second-order valence-corrected chi connectivity index (χ2v) is 7.47. The number of amides is 1. The molecule has 0 atom stereocenters. The molecule has 128 valence electrons. The van der Waals surface area contributed by atoms with Gasteiger partial charge in [0.1, 0.15) is 0 Å². The normalized spacial score (nSPS) is 11.2. The minimum atomic E-state index is -3.55. The summed E-state index contributed by atoms with van der Waals surface area (Å²) in [4.78, 5) is 12.2. The molecule has 0 spiro atoms. The highest BCUT2D eigenvalue weighted by molar-refractivity contribution is 7.89. The molecule has 0 aromatic heterocycles. The maximum atomic E-state index is 12.1. The molecule has 0 saturated carbocycles. The first kappa shape index (κ1) is 18.2. The number of carbonyl (C=O) groups is 1. The second kappa shape index (κ2) is 8.08. The van der Waals surface area contributed by atoms with Crippen molar-refractivity contribution >= 4 is 15.9 Å². The van der Waals surface area contributed by atoms with Crippen LogP contribution in [0.5, 0.6) is 0 Å². The molecule has 0 saturated heterocycles. The lowest BCUT2D eigenvalue weighted by atomic mass is 10.1. The number of aryl methyl sites for hydroxylation is 2. The molecule has 0 aliphatic heterocycles. The molecule has 2 aromatic carbocycles. The van der Waals surface area contributed by atoms with Crippen LogP contribution >= 0.6 is 0 Å². The van der Waals surface area contributed by atoms with Gasteiger partial charge in [0.15, 0.2) is 0 Å². The number of hydrogen-bond donors (Lipinski definition) is 2. The first-order chi connectivity index (χ1) is 11.4. The molecule has 6 heteroatoms. The van der Waals surface area contributed by atoms with Crippen molar-refractivity contribution in [3.63, 3.8) is 0 Å². The monoisotopic (exact) mass is 346 g/mol. The van der Waals surface area contributed by atoms with Crippen LogP contribution in [0.1, 0.15) is 27.9 Å². The molecule has 0 fully saturated rings. The predicted molar refractivity (Wildman–Crippen MR) is 94.5 cm³/mol. The molecule has 1 amide bonds. The SMILES string of the molecule is CNS(=O)(=O)c1cccc(C(=O)NCCCc2ccc(C)cc2)c1. The van der Waals surface area contributed by atoms with Gasteiger partial charge in [-0.25, -0.2) is 13.1 Å². The molecule has 0 aliphatic carbocycles. The predicted octanol–water partition coefficient (Wildman–Crippen LogP) is 2.27. The topological polar surface area (TPSA) is 75.3 Å². The Hall–Kier alpha value is -2.18. The van der Waals surface area contributed by atoms with E-state index in [0.717, 1.165) is 12.8 Å². The van der Waals surface area contributed by atoms with Crippen molar-refractivity contribution in [1.29, 1.82) is 0 Å². The lowest BCUT2D eigenvalue weighted by Gasteiger charge is -2.08. The standard InChI is InChI=1S/C18H22N2O3S/c1-14-8-10-15(11-9-14)5-4-12-20-18(21)16-6-3-7-17(13-16)24(22,23)19-2/h3,6-11,13,19H,4-5,12H2,1-2H3,(H,20,21). The lowest BCUT2D eigenvalue weighted by Crippen LogP contribution is -2.25. The maximum absolute atomic E-state index is 12.1. The molecular weight excluding hydrogens is 324 g/mol. The lowest BCUT2D eigenvalue weighted by molar-refractivity contribution is 0.0953. The largest absolute Gasteiger partial charge is 0.352 e. The minimum Gasteiger partial charge on any atom is -0.352 e. The molecule has 2 N–H and O–H groups in total. The van der Waals surface area contributed by atoms with Gasteiger partial charge in [-0.2, -0.15) is 0 Å². The highest BCUT2D eigenvalue weighted by atomic mass is 32.2. The molecule has 2 rings (SSSR count). The number of rotatable bonds is 7. The molecule has 2 aromatic rings. The Bertz CT molecular complexity index is 799. The fourth-order valence-corrected chi connectivity index (χ4v) is 3.05. The van der Waals surface area contributed by atoms with Crippen molar-refractivity contribution < 1.29 is 13.2 Å². The van der Waals surface area contributed by atoms with Crippen LogP contribution in [0, 0.1) is 6.92 Å². The van der Waals surface area contributed by atoms with Crippen molar-refractivity contribution in [2.75, 3.05) is 13.6 Å². The molecular formula is C18H22N2O3S. The van der Waals surface area contributed by atoms with Crippen molar-refractivity contribution in [2.45, 2.75) is 24.7 Å². The summed E-state index contributed by atoms with van der Waals surface area (Å²) in [7, 11) is -2.21. The minimum absolute atomic E-state index is 0.0808. The summed E-state index contributed by atoms with van der Waals surface area (Å²) < 4.78 is 25.8. The first-order valence-corrected chi connectivity index (χ1v) is 9.28. The Morgan fingerprint density at radius 2 is 1.79 bits per heavy atom. The van der Waals surface area contributed by atoms with E-state index in [9.17, 15) is 13.2 Å². The summed E-state index contributed by atoms with van der Waals surface area (Å²) in [6.45, 7) is 2.59. The van der Waals surface area contributed by atoms with Crippen LogP contribution in [-0.2, 0) is 16.4 Å². The summed E-state index contributed by atoms with van der Waals surface area (Å²) in [5.74, 6) is -0.271. The van der Waals surface area contributed by atoms with Crippen LogP contribution in [0.2, 0.25) is 0 Å². The van der Waals surface area contributed by atoms with Gasteiger partial charge in [-0.1, -0.05) is 35.9 Å². The van der Waals surface area contributed by atoms with Crippen LogP contribution in [0.3, 0.4) is 0 Å². The molecule has 24 heavy (non-hydrogen) atoms. The third-order valence-electron chi connectivity index (χ3n) is 3.72. The smallest absolute Gasteiger partial charge is 0.251 e. The van der Waals surface area contributed by atoms with Gasteiger partial charge >= 0.3 is 0 Å². The summed E-state index contributed by atoms with van der Waals surface area (Å²) >= 11 is 0. The summed E-state index contributed by atoms with van der Waals surface area (Å²) in [6, 6.07) is 14.3. The van der Waals surface area contributed by atoms with Crippen LogP contribution in [0.15, 0.2) is 53.4 Å². The number of carbonyl (C=O) groups excluding carboxylic acids is 1. The van der Waals surface area contributed by atoms with E-state index in [1.54, 1.807) is 12.1 Å². The quantitative estimate of drug-likeness (QED) is 0.755. The van der Waals surface area contributed by atoms with Gasteiger partial charge in [-0.05, 0) is 50.6 Å². The highest BCUT2D eigenvalue weighted by Gasteiger charge is 2.13. The Morgan fingerprint density at radius 1 is 1.08 bits per heavy atom. The molecule has 0 bridgehead atoms. The maximum Gasteiger partial charge on any atom is 0.251 e. The van der Waals surface area contributed by atoms with E-state index in [1.165, 1.54) is 30.3 Å². The van der Waals surface area contributed by atoms with Crippen molar-refractivity contribution in [3.05, 3.63) is 65.2 Å². The highest BCUT2D eigenvalue weighted by Crippen LogP contribution is 2.11. The molecule has 0 aliphatic rings. The van der Waals surface area contributed by atoms with Crippen LogP contribution in [0.25, 0.3) is 0 Å². The van der Waals surface area contributed by atoms with Crippen LogP contribution in [0.4, 0.5) is 0 Å². The molecule has 0 radical (unpaired) electrons. The van der Waals surface area contributed by atoms with E-state index in [0.29, 0.717) is 12.1 Å². The zero-order chi connectivity index (χ0) is 17.6. The number of nitrogens with one attached hydrogen (secondary N) is 2. The van der Waals surface area contributed by atoms with Gasteiger partial charge in [-0.3, -0.25) is 4.79 Å². The van der Waals surface area contributed by atoms with E-state index in [1.807, 2.05) is 6.92 Å². The zero-order valence-corrected chi connectivity index (χ0v) is 14.7. The Kier molecular flexibility index (Phi) is 6.11. The fraction of sp³-hybridized carbons (Fsp3) is 0.278. The Labute approximate surface area is 143 Å². The van der Waals surface area contributed by atoms with E-state index in [-0.39, 0.29) is 10.8 Å². The van der Waals surface area contributed by atoms with Gasteiger partial charge in [0.2, 0.25) is 10.0 Å². The third-order valence-corrected chi connectivity index (χ3v) is 5.14. The fourth-order valence-electron chi connectivity index (χ4n) is 2.27. The van der Waals surface area contributed by atoms with Gasteiger partial charge in [0, 0.05) is 12.1 Å². The summed E-state index contributed by atoms with van der Waals surface area (Å²) in [5.41, 5.74) is 2.79. The number of sulfonamides is 1. The van der Waals surface area contributed by atoms with E-state index < -0.39 is 10.0 Å². The van der Waals surface area contributed by atoms with E-state index >= 15 is 0 Å². The molecule has 0 heterocycles. The molecule has 5 nitrogen and oxygen atoms in total. The third kappa shape index (κ3) is 4.91. The van der Waals surface area contributed by atoms with E-state index in [4.69, 9.17) is 0 Å². The van der Waals surface area contributed by atoms with Gasteiger partial charge in [0.25, 0.3) is 5.91 Å². The van der Waals surface area contributed by atoms with Crippen molar-refractivity contribution in [3.8, 4) is 0 Å². The van der Waals surface area contributed by atoms with Crippen LogP contribution in [-0.4, -0.2) is 27.9 Å². The van der Waals surface area contributed by atoms with Crippen molar-refractivity contribution in [1.82, 2.24) is 10.0 Å². The Morgan fingerprint density at radius 3 is 2.46 bits per heavy atom.